The largest absolute Gasteiger partial charge is 0.481 e. The molecule has 6 nitrogen and oxygen atoms in total. The highest BCUT2D eigenvalue weighted by Crippen LogP contribution is 2.23. The van der Waals surface area contributed by atoms with Gasteiger partial charge in [0.2, 0.25) is 5.88 Å². The van der Waals surface area contributed by atoms with Gasteiger partial charge in [0.05, 0.1) is 13.3 Å². The predicted octanol–water partition coefficient (Wildman–Crippen LogP) is 2.67. The molecule has 0 bridgehead atoms. The number of hydrogen-bond acceptors (Lipinski definition) is 5. The predicted molar refractivity (Wildman–Crippen MR) is 82.4 cm³/mol. The molecule has 22 heavy (non-hydrogen) atoms. The van der Waals surface area contributed by atoms with Crippen molar-refractivity contribution in [1.82, 2.24) is 20.5 Å². The molecule has 0 aliphatic rings. The van der Waals surface area contributed by atoms with Gasteiger partial charge in [-0.05, 0) is 25.1 Å². The third-order valence-electron chi connectivity index (χ3n) is 3.38. The Bertz CT molecular complexity index is 748. The van der Waals surface area contributed by atoms with Crippen molar-refractivity contribution in [3.63, 3.8) is 0 Å². The number of pyridine rings is 1. The lowest BCUT2D eigenvalue weighted by Crippen LogP contribution is -2.13. The van der Waals surface area contributed by atoms with Crippen molar-refractivity contribution in [3.05, 3.63) is 53.5 Å². The van der Waals surface area contributed by atoms with E-state index in [1.807, 2.05) is 31.2 Å². The fourth-order valence-electron chi connectivity index (χ4n) is 2.30. The molecule has 0 radical (unpaired) electrons. The number of furan rings is 1. The molecule has 6 heteroatoms. The number of aryl methyl sites for hydroxylation is 1. The third-order valence-corrected chi connectivity index (χ3v) is 3.38. The summed E-state index contributed by atoms with van der Waals surface area (Å²) in [6.07, 6.45) is 3.52. The number of hydrogen-bond donors (Lipinski definition) is 2. The molecule has 3 aromatic rings. The van der Waals surface area contributed by atoms with Crippen molar-refractivity contribution >= 4 is 0 Å². The van der Waals surface area contributed by atoms with Gasteiger partial charge >= 0.3 is 0 Å². The van der Waals surface area contributed by atoms with E-state index in [-0.39, 0.29) is 0 Å². The molecular weight excluding hydrogens is 280 g/mol. The van der Waals surface area contributed by atoms with E-state index in [0.29, 0.717) is 19.0 Å². The van der Waals surface area contributed by atoms with Gasteiger partial charge in [-0.3, -0.25) is 5.10 Å². The Morgan fingerprint density at radius 3 is 2.86 bits per heavy atom. The Morgan fingerprint density at radius 2 is 2.09 bits per heavy atom. The van der Waals surface area contributed by atoms with Gasteiger partial charge in [0.15, 0.2) is 5.76 Å². The van der Waals surface area contributed by atoms with Crippen LogP contribution in [0.5, 0.6) is 5.88 Å². The van der Waals surface area contributed by atoms with Gasteiger partial charge in [0.25, 0.3) is 0 Å². The van der Waals surface area contributed by atoms with E-state index in [2.05, 4.69) is 20.5 Å². The number of methoxy groups -OCH3 is 1. The second-order valence-corrected chi connectivity index (χ2v) is 4.96. The van der Waals surface area contributed by atoms with Crippen molar-refractivity contribution in [2.45, 2.75) is 20.0 Å². The summed E-state index contributed by atoms with van der Waals surface area (Å²) in [4.78, 5) is 4.18. The molecule has 0 spiro atoms. The van der Waals surface area contributed by atoms with Gasteiger partial charge in [-0.15, -0.1) is 0 Å². The topological polar surface area (TPSA) is 76.0 Å². The zero-order valence-electron chi connectivity index (χ0n) is 12.6. The van der Waals surface area contributed by atoms with E-state index >= 15 is 0 Å². The van der Waals surface area contributed by atoms with Gasteiger partial charge in [0.1, 0.15) is 11.5 Å². The molecule has 3 rings (SSSR count). The quantitative estimate of drug-likeness (QED) is 0.731. The second kappa shape index (κ2) is 6.44. The van der Waals surface area contributed by atoms with Crippen LogP contribution >= 0.6 is 0 Å². The molecule has 0 aliphatic carbocycles. The molecule has 0 atom stereocenters. The SMILES string of the molecule is COc1ncccc1CNCc1cn[nH]c1-c1ccc(C)o1. The smallest absolute Gasteiger partial charge is 0.217 e. The first-order valence-corrected chi connectivity index (χ1v) is 7.05. The fourth-order valence-corrected chi connectivity index (χ4v) is 2.30. The fraction of sp³-hybridized carbons (Fsp3) is 0.250. The highest BCUT2D eigenvalue weighted by Gasteiger charge is 2.11. The summed E-state index contributed by atoms with van der Waals surface area (Å²) < 4.78 is 10.9. The van der Waals surface area contributed by atoms with Gasteiger partial charge < -0.3 is 14.5 Å². The first kappa shape index (κ1) is 14.3. The Labute approximate surface area is 128 Å². The summed E-state index contributed by atoms with van der Waals surface area (Å²) in [5.41, 5.74) is 2.97. The minimum atomic E-state index is 0.643. The van der Waals surface area contributed by atoms with Crippen molar-refractivity contribution in [1.29, 1.82) is 0 Å². The van der Waals surface area contributed by atoms with Crippen LogP contribution in [0.1, 0.15) is 16.9 Å². The molecule has 0 saturated carbocycles. The number of aromatic nitrogens is 3. The molecule has 3 heterocycles. The molecule has 0 aromatic carbocycles. The first-order chi connectivity index (χ1) is 10.8. The Balaban J connectivity index is 1.67. The first-order valence-electron chi connectivity index (χ1n) is 7.05. The van der Waals surface area contributed by atoms with Crippen LogP contribution in [0.2, 0.25) is 0 Å². The second-order valence-electron chi connectivity index (χ2n) is 4.96. The normalized spacial score (nSPS) is 10.8. The zero-order valence-corrected chi connectivity index (χ0v) is 12.6. The number of nitrogens with one attached hydrogen (secondary N) is 2. The highest BCUT2D eigenvalue weighted by atomic mass is 16.5. The van der Waals surface area contributed by atoms with E-state index < -0.39 is 0 Å². The number of aromatic amines is 1. The summed E-state index contributed by atoms with van der Waals surface area (Å²) >= 11 is 0. The highest BCUT2D eigenvalue weighted by molar-refractivity contribution is 5.56. The maximum Gasteiger partial charge on any atom is 0.217 e. The summed E-state index contributed by atoms with van der Waals surface area (Å²) in [5.74, 6) is 2.32. The van der Waals surface area contributed by atoms with E-state index in [1.54, 1.807) is 19.5 Å². The van der Waals surface area contributed by atoms with E-state index in [0.717, 1.165) is 28.3 Å². The Kier molecular flexibility index (Phi) is 4.20. The maximum absolute atomic E-state index is 5.64. The number of H-pyrrole nitrogens is 1. The van der Waals surface area contributed by atoms with E-state index in [4.69, 9.17) is 9.15 Å². The molecule has 0 unspecified atom stereocenters. The van der Waals surface area contributed by atoms with Crippen LogP contribution in [-0.4, -0.2) is 22.3 Å². The van der Waals surface area contributed by atoms with Crippen LogP contribution in [0.15, 0.2) is 41.1 Å². The maximum atomic E-state index is 5.64. The lowest BCUT2D eigenvalue weighted by Gasteiger charge is -2.08. The number of nitrogens with zero attached hydrogens (tertiary/aromatic N) is 2. The average molecular weight is 298 g/mol. The standard InChI is InChI=1S/C16H18N4O2/c1-11-5-6-14(22-11)15-13(10-19-20-15)9-17-8-12-4-3-7-18-16(12)21-2/h3-7,10,17H,8-9H2,1-2H3,(H,19,20). The van der Waals surface area contributed by atoms with Gasteiger partial charge in [0, 0.05) is 30.4 Å². The molecule has 2 N–H and O–H groups in total. The van der Waals surface area contributed by atoms with Crippen molar-refractivity contribution in [3.8, 4) is 17.3 Å². The van der Waals surface area contributed by atoms with Crippen LogP contribution in [0.3, 0.4) is 0 Å². The lowest BCUT2D eigenvalue weighted by molar-refractivity contribution is 0.390. The van der Waals surface area contributed by atoms with Gasteiger partial charge in [-0.25, -0.2) is 4.98 Å². The summed E-state index contributed by atoms with van der Waals surface area (Å²) in [6.45, 7) is 3.26. The van der Waals surface area contributed by atoms with Crippen LogP contribution in [0, 0.1) is 6.92 Å². The van der Waals surface area contributed by atoms with Crippen LogP contribution < -0.4 is 10.1 Å². The molecule has 0 fully saturated rings. The van der Waals surface area contributed by atoms with E-state index in [9.17, 15) is 0 Å². The van der Waals surface area contributed by atoms with Crippen molar-refractivity contribution < 1.29 is 9.15 Å². The van der Waals surface area contributed by atoms with Crippen LogP contribution in [0.25, 0.3) is 11.5 Å². The van der Waals surface area contributed by atoms with E-state index in [1.165, 1.54) is 0 Å². The molecule has 0 saturated heterocycles. The average Bonchev–Trinajstić information content (AvgIpc) is 3.16. The zero-order chi connectivity index (χ0) is 15.4. The molecule has 0 aliphatic heterocycles. The molecule has 3 aromatic heterocycles. The summed E-state index contributed by atoms with van der Waals surface area (Å²) in [5, 5.41) is 10.5. The molecule has 114 valence electrons. The number of ether oxygens (including phenoxy) is 1. The monoisotopic (exact) mass is 298 g/mol. The van der Waals surface area contributed by atoms with Crippen LogP contribution in [-0.2, 0) is 13.1 Å². The van der Waals surface area contributed by atoms with Crippen molar-refractivity contribution in [2.24, 2.45) is 0 Å². The molecule has 0 amide bonds. The Hall–Kier alpha value is -2.60. The summed E-state index contributed by atoms with van der Waals surface area (Å²) in [6, 6.07) is 7.77. The van der Waals surface area contributed by atoms with Gasteiger partial charge in [-0.2, -0.15) is 5.10 Å². The van der Waals surface area contributed by atoms with Crippen LogP contribution in [0.4, 0.5) is 0 Å². The third kappa shape index (κ3) is 3.01. The number of rotatable bonds is 6. The van der Waals surface area contributed by atoms with Gasteiger partial charge in [-0.1, -0.05) is 6.07 Å². The minimum absolute atomic E-state index is 0.643. The Morgan fingerprint density at radius 1 is 1.23 bits per heavy atom. The van der Waals surface area contributed by atoms with Crippen molar-refractivity contribution in [2.75, 3.05) is 7.11 Å². The minimum Gasteiger partial charge on any atom is -0.481 e. The molecular formula is C16H18N4O2. The summed E-state index contributed by atoms with van der Waals surface area (Å²) in [7, 11) is 1.62. The lowest BCUT2D eigenvalue weighted by atomic mass is 10.2.